The van der Waals surface area contributed by atoms with Crippen LogP contribution in [-0.4, -0.2) is 24.1 Å². The summed E-state index contributed by atoms with van der Waals surface area (Å²) in [6.45, 7) is 5.47. The molecule has 0 unspecified atom stereocenters. The van der Waals surface area contributed by atoms with Crippen LogP contribution >= 0.6 is 0 Å². The van der Waals surface area contributed by atoms with Gasteiger partial charge in [-0.1, -0.05) is 6.42 Å². The third-order valence-corrected chi connectivity index (χ3v) is 3.33. The minimum atomic E-state index is -1.18. The summed E-state index contributed by atoms with van der Waals surface area (Å²) >= 11 is 0. The molecule has 0 aromatic heterocycles. The number of aliphatic carboxylic acids is 1. The van der Waals surface area contributed by atoms with E-state index in [0.717, 1.165) is 0 Å². The molecule has 0 saturated heterocycles. The Hall–Kier alpha value is -1.10. The fourth-order valence-corrected chi connectivity index (χ4v) is 2.43. The van der Waals surface area contributed by atoms with Crippen molar-refractivity contribution < 1.29 is 25.2 Å². The van der Waals surface area contributed by atoms with Crippen LogP contribution in [0.4, 0.5) is 0 Å². The zero-order valence-corrected chi connectivity index (χ0v) is 10.7. The van der Waals surface area contributed by atoms with Crippen molar-refractivity contribution in [1.29, 1.82) is 0 Å². The highest BCUT2D eigenvalue weighted by atomic mass is 16.6. The van der Waals surface area contributed by atoms with Gasteiger partial charge in [-0.15, -0.1) is 0 Å². The average molecular weight is 243 g/mol. The van der Waals surface area contributed by atoms with Crippen molar-refractivity contribution in [1.82, 2.24) is 0 Å². The SMILES string of the molecule is CC(C)(C)OC(=O)[C@H]1CCC[C@]1(C[NH3+])C(=O)[O-]. The highest BCUT2D eigenvalue weighted by Crippen LogP contribution is 2.43. The molecule has 0 heterocycles. The van der Waals surface area contributed by atoms with E-state index in [9.17, 15) is 14.7 Å². The minimum absolute atomic E-state index is 0.166. The molecule has 0 amide bonds. The number of rotatable bonds is 3. The van der Waals surface area contributed by atoms with E-state index in [1.165, 1.54) is 0 Å². The largest absolute Gasteiger partial charge is 0.549 e. The van der Waals surface area contributed by atoms with Crippen molar-refractivity contribution in [3.05, 3.63) is 0 Å². The number of carboxylic acids is 1. The van der Waals surface area contributed by atoms with Gasteiger partial charge in [0.1, 0.15) is 5.60 Å². The lowest BCUT2D eigenvalue weighted by atomic mass is 9.78. The maximum atomic E-state index is 12.0. The summed E-state index contributed by atoms with van der Waals surface area (Å²) in [4.78, 5) is 23.3. The number of hydrogen-bond donors (Lipinski definition) is 1. The number of esters is 1. The number of carbonyl (C=O) groups is 2. The van der Waals surface area contributed by atoms with Crippen LogP contribution in [0.15, 0.2) is 0 Å². The summed E-state index contributed by atoms with van der Waals surface area (Å²) in [5.41, 5.74) is 1.93. The van der Waals surface area contributed by atoms with Crippen LogP contribution in [0, 0.1) is 11.3 Å². The zero-order valence-electron chi connectivity index (χ0n) is 10.7. The van der Waals surface area contributed by atoms with Crippen LogP contribution in [0.3, 0.4) is 0 Å². The second-order valence-electron chi connectivity index (χ2n) is 5.67. The molecule has 1 rings (SSSR count). The van der Waals surface area contributed by atoms with Gasteiger partial charge >= 0.3 is 5.97 Å². The summed E-state index contributed by atoms with van der Waals surface area (Å²) in [5, 5.41) is 11.3. The highest BCUT2D eigenvalue weighted by Gasteiger charge is 2.50. The molecule has 0 aliphatic heterocycles. The molecule has 1 aliphatic carbocycles. The summed E-state index contributed by atoms with van der Waals surface area (Å²) in [6, 6.07) is 0. The molecule has 1 saturated carbocycles. The first-order valence-corrected chi connectivity index (χ1v) is 5.96. The topological polar surface area (TPSA) is 94.1 Å². The number of quaternary nitrogens is 1. The Bertz CT molecular complexity index is 321. The van der Waals surface area contributed by atoms with Gasteiger partial charge in [-0.2, -0.15) is 0 Å². The Kier molecular flexibility index (Phi) is 3.81. The standard InChI is InChI=1S/C12H21NO4/c1-11(2,3)17-9(14)8-5-4-6-12(8,7-13)10(15)16/h8H,4-7,13H2,1-3H3,(H,15,16)/t8-,12-/m1/s1. The van der Waals surface area contributed by atoms with Crippen molar-refractivity contribution in [2.75, 3.05) is 6.54 Å². The lowest BCUT2D eigenvalue weighted by molar-refractivity contribution is -0.405. The van der Waals surface area contributed by atoms with Gasteiger partial charge in [0.15, 0.2) is 0 Å². The Labute approximate surface area is 101 Å². The monoisotopic (exact) mass is 243 g/mol. The van der Waals surface area contributed by atoms with Gasteiger partial charge < -0.3 is 20.4 Å². The summed E-state index contributed by atoms with van der Waals surface area (Å²) < 4.78 is 5.27. The molecule has 5 nitrogen and oxygen atoms in total. The van der Waals surface area contributed by atoms with Crippen LogP contribution in [0.1, 0.15) is 40.0 Å². The van der Waals surface area contributed by atoms with E-state index in [-0.39, 0.29) is 6.54 Å². The lowest BCUT2D eigenvalue weighted by Gasteiger charge is -2.33. The van der Waals surface area contributed by atoms with Crippen molar-refractivity contribution in [2.24, 2.45) is 11.3 Å². The number of hydrogen-bond acceptors (Lipinski definition) is 4. The molecule has 0 aromatic carbocycles. The molecular weight excluding hydrogens is 222 g/mol. The van der Waals surface area contributed by atoms with Crippen LogP contribution in [-0.2, 0) is 14.3 Å². The Morgan fingerprint density at radius 1 is 1.47 bits per heavy atom. The average Bonchev–Trinajstić information content (AvgIpc) is 2.59. The molecule has 0 spiro atoms. The quantitative estimate of drug-likeness (QED) is 0.650. The number of carboxylic acid groups (broad SMARTS) is 1. The molecular formula is C12H21NO4. The van der Waals surface area contributed by atoms with E-state index >= 15 is 0 Å². The van der Waals surface area contributed by atoms with Gasteiger partial charge in [0.05, 0.1) is 23.8 Å². The van der Waals surface area contributed by atoms with Crippen molar-refractivity contribution in [2.45, 2.75) is 45.6 Å². The van der Waals surface area contributed by atoms with Gasteiger partial charge in [-0.25, -0.2) is 0 Å². The zero-order chi connectivity index (χ0) is 13.3. The molecule has 5 heteroatoms. The van der Waals surface area contributed by atoms with E-state index in [1.54, 1.807) is 20.8 Å². The van der Waals surface area contributed by atoms with Crippen LogP contribution in [0.25, 0.3) is 0 Å². The lowest BCUT2D eigenvalue weighted by Crippen LogP contribution is -2.65. The third-order valence-electron chi connectivity index (χ3n) is 3.33. The predicted molar refractivity (Wildman–Crippen MR) is 58.4 cm³/mol. The molecule has 0 aromatic rings. The van der Waals surface area contributed by atoms with Gasteiger partial charge in [-0.3, -0.25) is 4.79 Å². The minimum Gasteiger partial charge on any atom is -0.549 e. The van der Waals surface area contributed by atoms with Crippen LogP contribution in [0.2, 0.25) is 0 Å². The Morgan fingerprint density at radius 2 is 2.06 bits per heavy atom. The summed E-state index contributed by atoms with van der Waals surface area (Å²) in [6.07, 6.45) is 1.69. The van der Waals surface area contributed by atoms with Crippen molar-refractivity contribution in [3.63, 3.8) is 0 Å². The summed E-state index contributed by atoms with van der Waals surface area (Å²) in [7, 11) is 0. The molecule has 0 radical (unpaired) electrons. The Morgan fingerprint density at radius 3 is 2.47 bits per heavy atom. The van der Waals surface area contributed by atoms with E-state index in [0.29, 0.717) is 19.3 Å². The fourth-order valence-electron chi connectivity index (χ4n) is 2.43. The number of carbonyl (C=O) groups excluding carboxylic acids is 2. The van der Waals surface area contributed by atoms with Crippen LogP contribution < -0.4 is 10.8 Å². The van der Waals surface area contributed by atoms with E-state index in [2.05, 4.69) is 5.73 Å². The maximum absolute atomic E-state index is 12.0. The highest BCUT2D eigenvalue weighted by molar-refractivity contribution is 5.84. The van der Waals surface area contributed by atoms with Crippen LogP contribution in [0.5, 0.6) is 0 Å². The van der Waals surface area contributed by atoms with Gasteiger partial charge in [0, 0.05) is 0 Å². The van der Waals surface area contributed by atoms with E-state index < -0.39 is 28.9 Å². The fraction of sp³-hybridized carbons (Fsp3) is 0.833. The van der Waals surface area contributed by atoms with Gasteiger partial charge in [0.2, 0.25) is 0 Å². The van der Waals surface area contributed by atoms with Gasteiger partial charge in [-0.05, 0) is 33.6 Å². The van der Waals surface area contributed by atoms with E-state index in [1.807, 2.05) is 0 Å². The Balaban J connectivity index is 2.89. The molecule has 3 N–H and O–H groups in total. The molecule has 2 atom stereocenters. The molecule has 1 fully saturated rings. The second kappa shape index (κ2) is 4.64. The second-order valence-corrected chi connectivity index (χ2v) is 5.67. The first-order chi connectivity index (χ1) is 7.73. The third kappa shape index (κ3) is 2.77. The predicted octanol–water partition coefficient (Wildman–Crippen LogP) is -0.894. The first kappa shape index (κ1) is 14.0. The first-order valence-electron chi connectivity index (χ1n) is 5.96. The van der Waals surface area contributed by atoms with Crippen molar-refractivity contribution >= 4 is 11.9 Å². The number of ether oxygens (including phenoxy) is 1. The van der Waals surface area contributed by atoms with Gasteiger partial charge in [0.25, 0.3) is 0 Å². The molecule has 0 bridgehead atoms. The van der Waals surface area contributed by atoms with E-state index in [4.69, 9.17) is 4.74 Å². The smallest absolute Gasteiger partial charge is 0.310 e. The molecule has 1 aliphatic rings. The molecule has 98 valence electrons. The molecule has 17 heavy (non-hydrogen) atoms. The normalized spacial score (nSPS) is 29.1. The maximum Gasteiger partial charge on any atom is 0.310 e. The van der Waals surface area contributed by atoms with Crippen molar-refractivity contribution in [3.8, 4) is 0 Å². The summed E-state index contributed by atoms with van der Waals surface area (Å²) in [5.74, 6) is -2.24.